The van der Waals surface area contributed by atoms with Gasteiger partial charge in [0, 0.05) is 12.1 Å². The van der Waals surface area contributed by atoms with Crippen molar-refractivity contribution in [3.05, 3.63) is 35.9 Å². The Morgan fingerprint density at radius 1 is 0.810 bits per heavy atom. The highest BCUT2D eigenvalue weighted by Gasteiger charge is 2.65. The predicted octanol–water partition coefficient (Wildman–Crippen LogP) is 4.35. The molecule has 4 aliphatic rings. The monoisotopic (exact) mass is 281 g/mol. The maximum absolute atomic E-state index is 4.14. The van der Waals surface area contributed by atoms with Crippen molar-refractivity contribution in [1.29, 1.82) is 0 Å². The first kappa shape index (κ1) is 12.7. The van der Waals surface area contributed by atoms with E-state index < -0.39 is 0 Å². The molecular formula is C20H27N. The minimum absolute atomic E-state index is 0.746. The summed E-state index contributed by atoms with van der Waals surface area (Å²) in [6, 6.07) is 12.9. The summed E-state index contributed by atoms with van der Waals surface area (Å²) in [5.41, 5.74) is 1.57. The smallest absolute Gasteiger partial charge is 0.0139 e. The van der Waals surface area contributed by atoms with Crippen molar-refractivity contribution >= 4 is 0 Å². The number of benzene rings is 1. The summed E-state index contributed by atoms with van der Waals surface area (Å²) in [5.74, 6) is 5.09. The molecule has 1 N–H and O–H groups in total. The molecule has 6 atom stereocenters. The first-order valence-electron chi connectivity index (χ1n) is 9.23. The molecule has 6 unspecified atom stereocenters. The molecule has 0 spiro atoms. The molecule has 0 aliphatic heterocycles. The largest absolute Gasteiger partial charge is 0.310 e. The molecule has 1 nitrogen and oxygen atoms in total. The topological polar surface area (TPSA) is 12.0 Å². The SMILES string of the molecule is c1ccc(C2CCCCC2NC2C3C4CCC(C4)C23)cc1. The van der Waals surface area contributed by atoms with Gasteiger partial charge in [0.15, 0.2) is 0 Å². The van der Waals surface area contributed by atoms with Crippen LogP contribution in [-0.4, -0.2) is 12.1 Å². The summed E-state index contributed by atoms with van der Waals surface area (Å²) in [6.45, 7) is 0. The van der Waals surface area contributed by atoms with Gasteiger partial charge in [-0.25, -0.2) is 0 Å². The average molecular weight is 281 g/mol. The van der Waals surface area contributed by atoms with Gasteiger partial charge in [-0.05, 0) is 67.3 Å². The lowest BCUT2D eigenvalue weighted by Gasteiger charge is -2.33. The van der Waals surface area contributed by atoms with Gasteiger partial charge in [0.05, 0.1) is 0 Å². The summed E-state index contributed by atoms with van der Waals surface area (Å²) in [7, 11) is 0. The summed E-state index contributed by atoms with van der Waals surface area (Å²) in [5, 5.41) is 4.14. The van der Waals surface area contributed by atoms with E-state index in [0.29, 0.717) is 0 Å². The molecule has 1 aromatic carbocycles. The standard InChI is InChI=1S/C20H27N/c1-2-6-13(7-3-1)16-8-4-5-9-17(16)21-20-18-14-10-11-15(12-14)19(18)20/h1-3,6-7,14-21H,4-5,8-12H2. The lowest BCUT2D eigenvalue weighted by atomic mass is 9.80. The summed E-state index contributed by atoms with van der Waals surface area (Å²) in [4.78, 5) is 0. The first-order chi connectivity index (χ1) is 10.4. The van der Waals surface area contributed by atoms with Crippen LogP contribution in [0.2, 0.25) is 0 Å². The second kappa shape index (κ2) is 4.84. The fraction of sp³-hybridized carbons (Fsp3) is 0.700. The number of fused-ring (bicyclic) bond motifs is 5. The van der Waals surface area contributed by atoms with E-state index in [2.05, 4.69) is 35.6 Å². The van der Waals surface area contributed by atoms with Crippen LogP contribution < -0.4 is 5.32 Å². The van der Waals surface area contributed by atoms with Gasteiger partial charge in [-0.3, -0.25) is 0 Å². The highest BCUT2D eigenvalue weighted by atomic mass is 15.1. The van der Waals surface area contributed by atoms with E-state index in [4.69, 9.17) is 0 Å². The van der Waals surface area contributed by atoms with E-state index in [1.54, 1.807) is 12.0 Å². The Hall–Kier alpha value is -0.820. The summed E-state index contributed by atoms with van der Waals surface area (Å²) in [6.07, 6.45) is 10.3. The van der Waals surface area contributed by atoms with Gasteiger partial charge in [-0.1, -0.05) is 43.2 Å². The molecule has 4 fully saturated rings. The number of hydrogen-bond acceptors (Lipinski definition) is 1. The van der Waals surface area contributed by atoms with Crippen molar-refractivity contribution < 1.29 is 0 Å². The fourth-order valence-corrected chi connectivity index (χ4v) is 6.22. The zero-order valence-electron chi connectivity index (χ0n) is 12.9. The van der Waals surface area contributed by atoms with Crippen molar-refractivity contribution in [3.63, 3.8) is 0 Å². The second-order valence-corrected chi connectivity index (χ2v) is 8.09. The van der Waals surface area contributed by atoms with Gasteiger partial charge in [0.1, 0.15) is 0 Å². The van der Waals surface area contributed by atoms with E-state index in [0.717, 1.165) is 41.7 Å². The lowest BCUT2D eigenvalue weighted by Crippen LogP contribution is -2.40. The van der Waals surface area contributed by atoms with Crippen LogP contribution in [0.15, 0.2) is 30.3 Å². The lowest BCUT2D eigenvalue weighted by molar-refractivity contribution is 0.305. The third-order valence-electron chi connectivity index (χ3n) is 7.14. The van der Waals surface area contributed by atoms with Gasteiger partial charge in [0.25, 0.3) is 0 Å². The van der Waals surface area contributed by atoms with Crippen LogP contribution in [-0.2, 0) is 0 Å². The van der Waals surface area contributed by atoms with Gasteiger partial charge in [-0.2, -0.15) is 0 Å². The maximum atomic E-state index is 4.14. The molecule has 1 aromatic rings. The van der Waals surface area contributed by atoms with Crippen LogP contribution in [0.3, 0.4) is 0 Å². The Balaban J connectivity index is 1.31. The van der Waals surface area contributed by atoms with E-state index in [1.165, 1.54) is 38.5 Å². The third kappa shape index (κ3) is 2.00. The van der Waals surface area contributed by atoms with Gasteiger partial charge < -0.3 is 5.32 Å². The van der Waals surface area contributed by atoms with Crippen LogP contribution in [0.25, 0.3) is 0 Å². The molecule has 21 heavy (non-hydrogen) atoms. The molecule has 1 heteroatoms. The molecule has 5 rings (SSSR count). The average Bonchev–Trinajstić information content (AvgIpc) is 2.93. The maximum Gasteiger partial charge on any atom is 0.0139 e. The molecule has 112 valence electrons. The minimum Gasteiger partial charge on any atom is -0.310 e. The van der Waals surface area contributed by atoms with Crippen molar-refractivity contribution in [3.8, 4) is 0 Å². The summed E-state index contributed by atoms with van der Waals surface area (Å²) >= 11 is 0. The van der Waals surface area contributed by atoms with Crippen molar-refractivity contribution in [2.45, 2.75) is 62.9 Å². The molecule has 0 amide bonds. The zero-order chi connectivity index (χ0) is 13.8. The Labute approximate surface area is 128 Å². The third-order valence-corrected chi connectivity index (χ3v) is 7.14. The normalized spacial score (nSPS) is 47.3. The van der Waals surface area contributed by atoms with Gasteiger partial charge in [-0.15, -0.1) is 0 Å². The highest BCUT2D eigenvalue weighted by Crippen LogP contribution is 2.65. The number of nitrogens with one attached hydrogen (secondary N) is 1. The highest BCUT2D eigenvalue weighted by molar-refractivity contribution is 5.24. The van der Waals surface area contributed by atoms with E-state index in [1.807, 2.05) is 0 Å². The quantitative estimate of drug-likeness (QED) is 0.868. The first-order valence-corrected chi connectivity index (χ1v) is 9.23. The number of rotatable bonds is 3. The van der Waals surface area contributed by atoms with Crippen LogP contribution >= 0.6 is 0 Å². The number of hydrogen-bond donors (Lipinski definition) is 1. The molecule has 0 radical (unpaired) electrons. The molecule has 4 saturated carbocycles. The fourth-order valence-electron chi connectivity index (χ4n) is 6.22. The van der Waals surface area contributed by atoms with Crippen LogP contribution in [0.1, 0.15) is 56.4 Å². The zero-order valence-corrected chi connectivity index (χ0v) is 12.9. The second-order valence-electron chi connectivity index (χ2n) is 8.09. The van der Waals surface area contributed by atoms with E-state index >= 15 is 0 Å². The van der Waals surface area contributed by atoms with E-state index in [-0.39, 0.29) is 0 Å². The van der Waals surface area contributed by atoms with Crippen molar-refractivity contribution in [2.75, 3.05) is 0 Å². The predicted molar refractivity (Wildman–Crippen MR) is 86.2 cm³/mol. The van der Waals surface area contributed by atoms with Crippen molar-refractivity contribution in [2.24, 2.45) is 23.7 Å². The Morgan fingerprint density at radius 2 is 1.52 bits per heavy atom. The van der Waals surface area contributed by atoms with Gasteiger partial charge >= 0.3 is 0 Å². The molecular weight excluding hydrogens is 254 g/mol. The minimum atomic E-state index is 0.746. The summed E-state index contributed by atoms with van der Waals surface area (Å²) < 4.78 is 0. The van der Waals surface area contributed by atoms with Crippen LogP contribution in [0, 0.1) is 23.7 Å². The van der Waals surface area contributed by atoms with Crippen LogP contribution in [0.5, 0.6) is 0 Å². The van der Waals surface area contributed by atoms with E-state index in [9.17, 15) is 0 Å². The molecule has 0 aromatic heterocycles. The Morgan fingerprint density at radius 3 is 2.29 bits per heavy atom. The van der Waals surface area contributed by atoms with Crippen molar-refractivity contribution in [1.82, 2.24) is 5.32 Å². The molecule has 0 saturated heterocycles. The molecule has 2 bridgehead atoms. The molecule has 0 heterocycles. The molecule has 4 aliphatic carbocycles. The van der Waals surface area contributed by atoms with Crippen LogP contribution in [0.4, 0.5) is 0 Å². The van der Waals surface area contributed by atoms with Gasteiger partial charge in [0.2, 0.25) is 0 Å². The Bertz CT molecular complexity index is 494. The Kier molecular flexibility index (Phi) is 2.93.